The van der Waals surface area contributed by atoms with E-state index in [0.717, 1.165) is 23.1 Å². The second-order valence-electron chi connectivity index (χ2n) is 9.39. The molecular formula is C30H34Cl2N2O3. The molecule has 0 aliphatic rings. The van der Waals surface area contributed by atoms with Crippen LogP contribution in [0.3, 0.4) is 0 Å². The van der Waals surface area contributed by atoms with E-state index in [1.54, 1.807) is 23.1 Å². The molecule has 0 bridgehead atoms. The van der Waals surface area contributed by atoms with Crippen LogP contribution in [0.2, 0.25) is 10.0 Å². The van der Waals surface area contributed by atoms with Crippen molar-refractivity contribution in [3.8, 4) is 5.75 Å². The summed E-state index contributed by atoms with van der Waals surface area (Å²) in [6, 6.07) is 19.8. The molecule has 0 radical (unpaired) electrons. The predicted octanol–water partition coefficient (Wildman–Crippen LogP) is 6.54. The maximum Gasteiger partial charge on any atom is 0.261 e. The number of nitrogens with zero attached hydrogens (tertiary/aromatic N) is 1. The lowest BCUT2D eigenvalue weighted by atomic mass is 10.0. The van der Waals surface area contributed by atoms with Gasteiger partial charge in [-0.3, -0.25) is 9.59 Å². The van der Waals surface area contributed by atoms with Crippen molar-refractivity contribution >= 4 is 35.0 Å². The summed E-state index contributed by atoms with van der Waals surface area (Å²) >= 11 is 12.6. The highest BCUT2D eigenvalue weighted by atomic mass is 35.5. The fraction of sp³-hybridized carbons (Fsp3) is 0.333. The lowest BCUT2D eigenvalue weighted by molar-refractivity contribution is -0.143. The molecule has 37 heavy (non-hydrogen) atoms. The van der Waals surface area contributed by atoms with Crippen LogP contribution in [-0.2, 0) is 22.6 Å². The van der Waals surface area contributed by atoms with E-state index in [0.29, 0.717) is 27.8 Å². The van der Waals surface area contributed by atoms with Crippen LogP contribution in [0.4, 0.5) is 0 Å². The molecule has 3 rings (SSSR count). The van der Waals surface area contributed by atoms with Gasteiger partial charge in [0, 0.05) is 29.1 Å². The molecule has 0 aliphatic carbocycles. The lowest BCUT2D eigenvalue weighted by Gasteiger charge is -2.32. The van der Waals surface area contributed by atoms with Crippen molar-refractivity contribution in [1.29, 1.82) is 0 Å². The monoisotopic (exact) mass is 540 g/mol. The van der Waals surface area contributed by atoms with Crippen molar-refractivity contribution in [2.24, 2.45) is 0 Å². The molecule has 3 aromatic rings. The van der Waals surface area contributed by atoms with Crippen LogP contribution in [0.5, 0.6) is 5.75 Å². The van der Waals surface area contributed by atoms with E-state index in [1.807, 2.05) is 76.2 Å². The van der Waals surface area contributed by atoms with Gasteiger partial charge in [0.05, 0.1) is 0 Å². The fourth-order valence-corrected chi connectivity index (χ4v) is 4.54. The second-order valence-corrected chi connectivity index (χ2v) is 10.2. The molecular weight excluding hydrogens is 507 g/mol. The Bertz CT molecular complexity index is 1200. The summed E-state index contributed by atoms with van der Waals surface area (Å²) in [7, 11) is 0. The Hall–Kier alpha value is -3.02. The van der Waals surface area contributed by atoms with Crippen molar-refractivity contribution in [1.82, 2.24) is 10.2 Å². The Morgan fingerprint density at radius 2 is 1.65 bits per heavy atom. The van der Waals surface area contributed by atoms with Crippen LogP contribution in [0, 0.1) is 13.8 Å². The number of benzene rings is 3. The third-order valence-corrected chi connectivity index (χ3v) is 6.77. The van der Waals surface area contributed by atoms with Crippen LogP contribution in [0.15, 0.2) is 66.7 Å². The largest absolute Gasteiger partial charge is 0.484 e. The van der Waals surface area contributed by atoms with E-state index in [1.165, 1.54) is 0 Å². The normalized spacial score (nSPS) is 12.5. The first kappa shape index (κ1) is 28.5. The Labute approximate surface area is 229 Å². The molecule has 7 heteroatoms. The maximum absolute atomic E-state index is 13.7. The molecule has 0 unspecified atom stereocenters. The fourth-order valence-electron chi connectivity index (χ4n) is 4.07. The molecule has 1 N–H and O–H groups in total. The summed E-state index contributed by atoms with van der Waals surface area (Å²) in [5.41, 5.74) is 3.73. The van der Waals surface area contributed by atoms with Gasteiger partial charge in [-0.2, -0.15) is 0 Å². The van der Waals surface area contributed by atoms with Crippen LogP contribution >= 0.6 is 23.2 Å². The standard InChI is InChI=1S/C30H34Cl2N2O3/c1-5-22(4)33-30(36)28(16-23-9-7-6-8-10-23)34(18-24-11-12-25(31)17-27(24)32)29(35)19-37-26-14-20(2)13-21(3)15-26/h6-15,17,22,28H,5,16,18-19H2,1-4H3,(H,33,36)/t22-,28-/m1/s1. The van der Waals surface area contributed by atoms with Crippen LogP contribution in [0.25, 0.3) is 0 Å². The Morgan fingerprint density at radius 1 is 0.973 bits per heavy atom. The Morgan fingerprint density at radius 3 is 2.27 bits per heavy atom. The number of hydrogen-bond acceptors (Lipinski definition) is 3. The van der Waals surface area contributed by atoms with Gasteiger partial charge in [-0.25, -0.2) is 0 Å². The number of ether oxygens (including phenoxy) is 1. The van der Waals surface area contributed by atoms with Crippen molar-refractivity contribution in [3.05, 3.63) is 99.0 Å². The zero-order valence-corrected chi connectivity index (χ0v) is 23.3. The number of rotatable bonds is 11. The number of aryl methyl sites for hydroxylation is 2. The van der Waals surface area contributed by atoms with E-state index in [2.05, 4.69) is 5.32 Å². The molecule has 0 saturated heterocycles. The van der Waals surface area contributed by atoms with E-state index in [9.17, 15) is 9.59 Å². The zero-order valence-electron chi connectivity index (χ0n) is 21.8. The van der Waals surface area contributed by atoms with E-state index < -0.39 is 6.04 Å². The summed E-state index contributed by atoms with van der Waals surface area (Å²) in [5, 5.41) is 3.99. The quantitative estimate of drug-likeness (QED) is 0.300. The van der Waals surface area contributed by atoms with E-state index in [-0.39, 0.29) is 31.0 Å². The van der Waals surface area contributed by atoms with Gasteiger partial charge < -0.3 is 15.0 Å². The third kappa shape index (κ3) is 8.51. The summed E-state index contributed by atoms with van der Waals surface area (Å²) in [5.74, 6) is 0.0763. The number of halogens is 2. The van der Waals surface area contributed by atoms with Gasteiger partial charge in [-0.15, -0.1) is 0 Å². The molecule has 0 aliphatic heterocycles. The highest BCUT2D eigenvalue weighted by Crippen LogP contribution is 2.24. The predicted molar refractivity (Wildman–Crippen MR) is 150 cm³/mol. The average Bonchev–Trinajstić information content (AvgIpc) is 2.85. The second kappa shape index (κ2) is 13.5. The number of carbonyl (C=O) groups is 2. The van der Waals surface area contributed by atoms with Gasteiger partial charge in [-0.1, -0.05) is 72.6 Å². The molecule has 2 amide bonds. The van der Waals surface area contributed by atoms with Gasteiger partial charge in [0.2, 0.25) is 5.91 Å². The first-order valence-electron chi connectivity index (χ1n) is 12.4. The molecule has 5 nitrogen and oxygen atoms in total. The van der Waals surface area contributed by atoms with Crippen molar-refractivity contribution in [2.75, 3.05) is 6.61 Å². The summed E-state index contributed by atoms with van der Waals surface area (Å²) in [6.07, 6.45) is 1.13. The summed E-state index contributed by atoms with van der Waals surface area (Å²) in [4.78, 5) is 28.8. The first-order valence-corrected chi connectivity index (χ1v) is 13.2. The molecule has 2 atom stereocenters. The number of carbonyl (C=O) groups excluding carboxylic acids is 2. The third-order valence-electron chi connectivity index (χ3n) is 6.19. The highest BCUT2D eigenvalue weighted by Gasteiger charge is 2.31. The highest BCUT2D eigenvalue weighted by molar-refractivity contribution is 6.35. The molecule has 0 saturated carbocycles. The minimum Gasteiger partial charge on any atom is -0.484 e. The smallest absolute Gasteiger partial charge is 0.261 e. The van der Waals surface area contributed by atoms with Crippen LogP contribution in [0.1, 0.15) is 42.5 Å². The van der Waals surface area contributed by atoms with Crippen molar-refractivity contribution < 1.29 is 14.3 Å². The average molecular weight is 542 g/mol. The SMILES string of the molecule is CC[C@@H](C)NC(=O)[C@@H](Cc1ccccc1)N(Cc1ccc(Cl)cc1Cl)C(=O)COc1cc(C)cc(C)c1. The van der Waals surface area contributed by atoms with Gasteiger partial charge in [0.1, 0.15) is 11.8 Å². The van der Waals surface area contributed by atoms with Gasteiger partial charge in [0.25, 0.3) is 5.91 Å². The Balaban J connectivity index is 1.95. The van der Waals surface area contributed by atoms with Gasteiger partial charge >= 0.3 is 0 Å². The minimum atomic E-state index is -0.765. The number of hydrogen-bond donors (Lipinski definition) is 1. The van der Waals surface area contributed by atoms with Crippen molar-refractivity contribution in [3.63, 3.8) is 0 Å². The molecule has 3 aromatic carbocycles. The van der Waals surface area contributed by atoms with E-state index in [4.69, 9.17) is 27.9 Å². The van der Waals surface area contributed by atoms with Gasteiger partial charge in [-0.05, 0) is 73.7 Å². The zero-order chi connectivity index (χ0) is 26.9. The molecule has 0 fully saturated rings. The molecule has 0 heterocycles. The lowest BCUT2D eigenvalue weighted by Crippen LogP contribution is -2.53. The Kier molecular flexibility index (Phi) is 10.4. The summed E-state index contributed by atoms with van der Waals surface area (Å²) < 4.78 is 5.90. The number of nitrogens with one attached hydrogen (secondary N) is 1. The van der Waals surface area contributed by atoms with Crippen LogP contribution in [-0.4, -0.2) is 35.4 Å². The van der Waals surface area contributed by atoms with Gasteiger partial charge in [0.15, 0.2) is 6.61 Å². The number of amides is 2. The van der Waals surface area contributed by atoms with E-state index >= 15 is 0 Å². The van der Waals surface area contributed by atoms with Crippen molar-refractivity contribution in [2.45, 2.75) is 59.2 Å². The topological polar surface area (TPSA) is 58.6 Å². The first-order chi connectivity index (χ1) is 17.7. The maximum atomic E-state index is 13.7. The summed E-state index contributed by atoms with van der Waals surface area (Å²) in [6.45, 7) is 7.83. The van der Waals surface area contributed by atoms with Crippen LogP contribution < -0.4 is 10.1 Å². The molecule has 196 valence electrons. The molecule has 0 aromatic heterocycles. The minimum absolute atomic E-state index is 0.0339. The molecule has 0 spiro atoms.